The van der Waals surface area contributed by atoms with Gasteiger partial charge in [-0.05, 0) is 24.6 Å². The molecule has 84 valence electrons. The normalized spacial score (nSPS) is 10.7. The van der Waals surface area contributed by atoms with Gasteiger partial charge in [-0.3, -0.25) is 0 Å². The number of halogens is 2. The zero-order valence-corrected chi connectivity index (χ0v) is 10.2. The molecule has 0 fully saturated rings. The van der Waals surface area contributed by atoms with Crippen LogP contribution in [0.2, 0.25) is 5.02 Å². The van der Waals surface area contributed by atoms with Crippen molar-refractivity contribution >= 4 is 23.2 Å². The SMILES string of the molecule is Cc1ccc(Cl)cc1-c1nnc(CCCl)o1. The lowest BCUT2D eigenvalue weighted by atomic mass is 10.1. The van der Waals surface area contributed by atoms with Gasteiger partial charge in [-0.25, -0.2) is 0 Å². The van der Waals surface area contributed by atoms with E-state index in [2.05, 4.69) is 10.2 Å². The van der Waals surface area contributed by atoms with Crippen LogP contribution in [0.25, 0.3) is 11.5 Å². The van der Waals surface area contributed by atoms with E-state index in [4.69, 9.17) is 27.6 Å². The minimum Gasteiger partial charge on any atom is -0.421 e. The molecule has 5 heteroatoms. The first-order valence-electron chi connectivity index (χ1n) is 4.85. The van der Waals surface area contributed by atoms with Crippen LogP contribution >= 0.6 is 23.2 Å². The predicted molar refractivity (Wildman–Crippen MR) is 63.9 cm³/mol. The van der Waals surface area contributed by atoms with Crippen LogP contribution in [0, 0.1) is 6.92 Å². The summed E-state index contributed by atoms with van der Waals surface area (Å²) >= 11 is 11.5. The standard InChI is InChI=1S/C11H10Cl2N2O/c1-7-2-3-8(13)6-9(7)11-15-14-10(16-11)4-5-12/h2-3,6H,4-5H2,1H3. The van der Waals surface area contributed by atoms with Gasteiger partial charge >= 0.3 is 0 Å². The second-order valence-corrected chi connectivity index (χ2v) is 4.21. The third kappa shape index (κ3) is 2.36. The molecule has 16 heavy (non-hydrogen) atoms. The summed E-state index contributed by atoms with van der Waals surface area (Å²) in [4.78, 5) is 0. The van der Waals surface area contributed by atoms with Crippen molar-refractivity contribution in [3.63, 3.8) is 0 Å². The second-order valence-electron chi connectivity index (χ2n) is 3.40. The molecule has 0 aliphatic heterocycles. The van der Waals surface area contributed by atoms with Gasteiger partial charge in [0.2, 0.25) is 11.8 Å². The Morgan fingerprint density at radius 2 is 2.12 bits per heavy atom. The molecule has 0 amide bonds. The molecule has 0 atom stereocenters. The minimum atomic E-state index is 0.468. The predicted octanol–water partition coefficient (Wildman–Crippen LogP) is 3.48. The fourth-order valence-corrected chi connectivity index (χ4v) is 1.70. The number of benzene rings is 1. The average Bonchev–Trinajstić information content (AvgIpc) is 2.71. The Kier molecular flexibility index (Phi) is 3.46. The van der Waals surface area contributed by atoms with E-state index in [9.17, 15) is 0 Å². The van der Waals surface area contributed by atoms with Gasteiger partial charge in [-0.2, -0.15) is 0 Å². The summed E-state index contributed by atoms with van der Waals surface area (Å²) in [5.74, 6) is 1.50. The topological polar surface area (TPSA) is 38.9 Å². The van der Waals surface area contributed by atoms with Crippen LogP contribution in [0.3, 0.4) is 0 Å². The third-order valence-corrected chi connectivity index (χ3v) is 2.63. The Labute approximate surface area is 103 Å². The Balaban J connectivity index is 2.38. The van der Waals surface area contributed by atoms with Crippen LogP contribution in [0.1, 0.15) is 11.5 Å². The number of alkyl halides is 1. The third-order valence-electron chi connectivity index (χ3n) is 2.21. The first kappa shape index (κ1) is 11.4. The van der Waals surface area contributed by atoms with Crippen molar-refractivity contribution in [2.75, 3.05) is 5.88 Å². The monoisotopic (exact) mass is 256 g/mol. The highest BCUT2D eigenvalue weighted by Crippen LogP contribution is 2.25. The fourth-order valence-electron chi connectivity index (χ4n) is 1.37. The van der Waals surface area contributed by atoms with Crippen molar-refractivity contribution in [3.8, 4) is 11.5 Å². The number of nitrogens with zero attached hydrogens (tertiary/aromatic N) is 2. The number of hydrogen-bond acceptors (Lipinski definition) is 3. The van der Waals surface area contributed by atoms with Crippen LogP contribution in [0.5, 0.6) is 0 Å². The van der Waals surface area contributed by atoms with Gasteiger partial charge in [0.1, 0.15) is 0 Å². The van der Waals surface area contributed by atoms with E-state index < -0.39 is 0 Å². The first-order valence-corrected chi connectivity index (χ1v) is 5.77. The molecule has 0 aliphatic rings. The molecule has 0 saturated carbocycles. The highest BCUT2D eigenvalue weighted by Gasteiger charge is 2.10. The van der Waals surface area contributed by atoms with E-state index in [1.807, 2.05) is 25.1 Å². The Bertz CT molecular complexity index is 496. The molecule has 1 heterocycles. The maximum atomic E-state index is 5.92. The van der Waals surface area contributed by atoms with Gasteiger partial charge in [0, 0.05) is 22.9 Å². The quantitative estimate of drug-likeness (QED) is 0.790. The molecular weight excluding hydrogens is 247 g/mol. The summed E-state index contributed by atoms with van der Waals surface area (Å²) in [6.45, 7) is 1.97. The number of aryl methyl sites for hydroxylation is 2. The van der Waals surface area contributed by atoms with Crippen molar-refractivity contribution in [2.24, 2.45) is 0 Å². The number of aromatic nitrogens is 2. The summed E-state index contributed by atoms with van der Waals surface area (Å²) in [6.07, 6.45) is 0.578. The van der Waals surface area contributed by atoms with Gasteiger partial charge in [-0.15, -0.1) is 21.8 Å². The summed E-state index contributed by atoms with van der Waals surface area (Å²) in [5, 5.41) is 8.53. The number of rotatable bonds is 3. The summed E-state index contributed by atoms with van der Waals surface area (Å²) < 4.78 is 5.48. The zero-order chi connectivity index (χ0) is 11.5. The molecule has 0 unspecified atom stereocenters. The van der Waals surface area contributed by atoms with Gasteiger partial charge in [0.25, 0.3) is 0 Å². The van der Waals surface area contributed by atoms with E-state index in [0.717, 1.165) is 11.1 Å². The van der Waals surface area contributed by atoms with Crippen molar-refractivity contribution in [1.82, 2.24) is 10.2 Å². The molecule has 0 spiro atoms. The molecule has 0 bridgehead atoms. The van der Waals surface area contributed by atoms with Crippen LogP contribution in [-0.2, 0) is 6.42 Å². The molecular formula is C11H10Cl2N2O. The highest BCUT2D eigenvalue weighted by atomic mass is 35.5. The van der Waals surface area contributed by atoms with Crippen molar-refractivity contribution in [2.45, 2.75) is 13.3 Å². The smallest absolute Gasteiger partial charge is 0.248 e. The van der Waals surface area contributed by atoms with Gasteiger partial charge in [-0.1, -0.05) is 17.7 Å². The van der Waals surface area contributed by atoms with Gasteiger partial charge in [0.05, 0.1) is 0 Å². The maximum absolute atomic E-state index is 5.92. The van der Waals surface area contributed by atoms with E-state index in [-0.39, 0.29) is 0 Å². The molecule has 1 aromatic carbocycles. The van der Waals surface area contributed by atoms with Crippen LogP contribution in [0.4, 0.5) is 0 Å². The van der Waals surface area contributed by atoms with E-state index in [1.165, 1.54) is 0 Å². The first-order chi connectivity index (χ1) is 7.70. The number of hydrogen-bond donors (Lipinski definition) is 0. The Morgan fingerprint density at radius 1 is 1.31 bits per heavy atom. The van der Waals surface area contributed by atoms with Gasteiger partial charge < -0.3 is 4.42 Å². The summed E-state index contributed by atoms with van der Waals surface area (Å²) in [6, 6.07) is 5.56. The maximum Gasteiger partial charge on any atom is 0.248 e. The Hall–Kier alpha value is -1.06. The molecule has 1 aromatic heterocycles. The lowest BCUT2D eigenvalue weighted by molar-refractivity contribution is 0.513. The van der Waals surface area contributed by atoms with E-state index in [1.54, 1.807) is 0 Å². The Morgan fingerprint density at radius 3 is 2.88 bits per heavy atom. The van der Waals surface area contributed by atoms with Crippen LogP contribution < -0.4 is 0 Å². The lowest BCUT2D eigenvalue weighted by Crippen LogP contribution is -1.84. The summed E-state index contributed by atoms with van der Waals surface area (Å²) in [7, 11) is 0. The minimum absolute atomic E-state index is 0.468. The molecule has 0 radical (unpaired) electrons. The van der Waals surface area contributed by atoms with Crippen LogP contribution in [0.15, 0.2) is 22.6 Å². The highest BCUT2D eigenvalue weighted by molar-refractivity contribution is 6.30. The van der Waals surface area contributed by atoms with E-state index >= 15 is 0 Å². The van der Waals surface area contributed by atoms with Crippen molar-refractivity contribution < 1.29 is 4.42 Å². The fraction of sp³-hybridized carbons (Fsp3) is 0.273. The van der Waals surface area contributed by atoms with Crippen molar-refractivity contribution in [1.29, 1.82) is 0 Å². The molecule has 3 nitrogen and oxygen atoms in total. The second kappa shape index (κ2) is 4.85. The molecule has 0 N–H and O–H groups in total. The van der Waals surface area contributed by atoms with E-state index in [0.29, 0.717) is 29.1 Å². The molecule has 2 aromatic rings. The van der Waals surface area contributed by atoms with Crippen LogP contribution in [-0.4, -0.2) is 16.1 Å². The van der Waals surface area contributed by atoms with Gasteiger partial charge in [0.15, 0.2) is 0 Å². The molecule has 2 rings (SSSR count). The molecule has 0 saturated heterocycles. The largest absolute Gasteiger partial charge is 0.421 e. The zero-order valence-electron chi connectivity index (χ0n) is 8.70. The lowest BCUT2D eigenvalue weighted by Gasteiger charge is -2.00. The molecule has 0 aliphatic carbocycles. The van der Waals surface area contributed by atoms with Crippen molar-refractivity contribution in [3.05, 3.63) is 34.7 Å². The average molecular weight is 257 g/mol. The summed E-state index contributed by atoms with van der Waals surface area (Å²) in [5.41, 5.74) is 1.91.